The van der Waals surface area contributed by atoms with Crippen LogP contribution in [0.1, 0.15) is 39.0 Å². The molecule has 7 unspecified atom stereocenters. The topological polar surface area (TPSA) is 35.2 Å². The van der Waals surface area contributed by atoms with Gasteiger partial charge in [-0.05, 0) is 49.9 Å². The van der Waals surface area contributed by atoms with Gasteiger partial charge in [0.25, 0.3) is 0 Å². The maximum atomic E-state index is 6.43. The van der Waals surface area contributed by atoms with Gasteiger partial charge in [0.15, 0.2) is 0 Å². The summed E-state index contributed by atoms with van der Waals surface area (Å²) >= 11 is 2.20. The third kappa shape index (κ3) is 2.04. The summed E-state index contributed by atoms with van der Waals surface area (Å²) in [6.07, 6.45) is 7.19. The lowest BCUT2D eigenvalue weighted by Gasteiger charge is -2.38. The highest BCUT2D eigenvalue weighted by atomic mass is 32.2. The van der Waals surface area contributed by atoms with E-state index in [0.717, 1.165) is 28.3 Å². The van der Waals surface area contributed by atoms with E-state index in [1.165, 1.54) is 32.1 Å². The fourth-order valence-corrected chi connectivity index (χ4v) is 6.51. The zero-order valence-electron chi connectivity index (χ0n) is 11.0. The standard InChI is InChI=1S/C14H25NOS/c1-8-3-5-11-10-6-4-9(16-2)7-12(10)17-14(11)13(8)15/h8-14H,3-7,15H2,1-2H3. The SMILES string of the molecule is COC1CCC2C(C1)SC1C(N)C(C)CCC21. The van der Waals surface area contributed by atoms with Crippen molar-refractivity contribution in [3.63, 3.8) is 0 Å². The van der Waals surface area contributed by atoms with Crippen molar-refractivity contribution < 1.29 is 4.74 Å². The zero-order chi connectivity index (χ0) is 12.0. The molecule has 2 nitrogen and oxygen atoms in total. The summed E-state index contributed by atoms with van der Waals surface area (Å²) in [4.78, 5) is 0. The van der Waals surface area contributed by atoms with E-state index in [9.17, 15) is 0 Å². The quantitative estimate of drug-likeness (QED) is 0.782. The van der Waals surface area contributed by atoms with E-state index in [1.54, 1.807) is 0 Å². The molecular formula is C14H25NOS. The van der Waals surface area contributed by atoms with Crippen LogP contribution in [0.4, 0.5) is 0 Å². The molecule has 0 spiro atoms. The first kappa shape index (κ1) is 12.3. The molecule has 0 aromatic carbocycles. The van der Waals surface area contributed by atoms with Gasteiger partial charge in [0.2, 0.25) is 0 Å². The van der Waals surface area contributed by atoms with E-state index in [4.69, 9.17) is 10.5 Å². The van der Waals surface area contributed by atoms with Crippen LogP contribution >= 0.6 is 11.8 Å². The Morgan fingerprint density at radius 2 is 1.88 bits per heavy atom. The molecule has 7 atom stereocenters. The molecule has 0 radical (unpaired) electrons. The summed E-state index contributed by atoms with van der Waals surface area (Å²) in [5.74, 6) is 2.58. The Bertz CT molecular complexity index is 285. The predicted octanol–water partition coefficient (Wildman–Crippen LogP) is 2.66. The Labute approximate surface area is 109 Å². The first-order chi connectivity index (χ1) is 8.20. The lowest BCUT2D eigenvalue weighted by molar-refractivity contribution is 0.0488. The first-order valence-electron chi connectivity index (χ1n) is 7.14. The predicted molar refractivity (Wildman–Crippen MR) is 73.2 cm³/mol. The van der Waals surface area contributed by atoms with Crippen molar-refractivity contribution >= 4 is 11.8 Å². The fraction of sp³-hybridized carbons (Fsp3) is 1.00. The van der Waals surface area contributed by atoms with Gasteiger partial charge in [-0.3, -0.25) is 0 Å². The van der Waals surface area contributed by atoms with Crippen molar-refractivity contribution in [3.8, 4) is 0 Å². The number of fused-ring (bicyclic) bond motifs is 3. The average molecular weight is 255 g/mol. The van der Waals surface area contributed by atoms with Crippen molar-refractivity contribution in [1.29, 1.82) is 0 Å². The van der Waals surface area contributed by atoms with Gasteiger partial charge in [-0.1, -0.05) is 6.92 Å². The van der Waals surface area contributed by atoms with Gasteiger partial charge in [0, 0.05) is 23.7 Å². The Hall–Kier alpha value is 0.270. The molecule has 1 heterocycles. The molecule has 98 valence electrons. The molecule has 2 aliphatic carbocycles. The van der Waals surface area contributed by atoms with E-state index in [-0.39, 0.29) is 0 Å². The maximum Gasteiger partial charge on any atom is 0.0582 e. The summed E-state index contributed by atoms with van der Waals surface area (Å²) in [6.45, 7) is 2.33. The van der Waals surface area contributed by atoms with Crippen LogP contribution in [0.5, 0.6) is 0 Å². The van der Waals surface area contributed by atoms with Crippen molar-refractivity contribution in [1.82, 2.24) is 0 Å². The van der Waals surface area contributed by atoms with Crippen molar-refractivity contribution in [3.05, 3.63) is 0 Å². The number of thioether (sulfide) groups is 1. The second kappa shape index (κ2) is 4.75. The van der Waals surface area contributed by atoms with Crippen LogP contribution in [0.3, 0.4) is 0 Å². The summed E-state index contributed by atoms with van der Waals surface area (Å²) in [7, 11) is 1.87. The molecule has 3 aliphatic rings. The molecule has 3 rings (SSSR count). The lowest BCUT2D eigenvalue weighted by atomic mass is 9.69. The van der Waals surface area contributed by atoms with Gasteiger partial charge >= 0.3 is 0 Å². The number of methoxy groups -OCH3 is 1. The summed E-state index contributed by atoms with van der Waals surface area (Å²) in [5, 5.41) is 1.57. The largest absolute Gasteiger partial charge is 0.381 e. The van der Waals surface area contributed by atoms with Crippen LogP contribution in [-0.4, -0.2) is 29.8 Å². The van der Waals surface area contributed by atoms with Crippen LogP contribution in [0.2, 0.25) is 0 Å². The number of hydrogen-bond acceptors (Lipinski definition) is 3. The fourth-order valence-electron chi connectivity index (χ4n) is 4.25. The first-order valence-corrected chi connectivity index (χ1v) is 8.09. The van der Waals surface area contributed by atoms with Crippen LogP contribution in [-0.2, 0) is 4.74 Å². The average Bonchev–Trinajstić information content (AvgIpc) is 2.72. The lowest BCUT2D eigenvalue weighted by Crippen LogP contribution is -2.45. The molecule has 17 heavy (non-hydrogen) atoms. The third-order valence-electron chi connectivity index (χ3n) is 5.42. The van der Waals surface area contributed by atoms with Crippen LogP contribution in [0.15, 0.2) is 0 Å². The highest BCUT2D eigenvalue weighted by molar-refractivity contribution is 8.00. The summed E-state index contributed by atoms with van der Waals surface area (Å²) in [6, 6.07) is 0.436. The van der Waals surface area contributed by atoms with E-state index >= 15 is 0 Å². The molecule has 0 bridgehead atoms. The molecule has 0 aromatic heterocycles. The summed E-state index contributed by atoms with van der Waals surface area (Å²) in [5.41, 5.74) is 6.43. The van der Waals surface area contributed by atoms with Gasteiger partial charge < -0.3 is 10.5 Å². The minimum absolute atomic E-state index is 0.436. The normalized spacial score (nSPS) is 54.2. The number of nitrogens with two attached hydrogens (primary N) is 1. The monoisotopic (exact) mass is 255 g/mol. The van der Waals surface area contributed by atoms with Crippen LogP contribution in [0.25, 0.3) is 0 Å². The van der Waals surface area contributed by atoms with Crippen molar-refractivity contribution in [2.24, 2.45) is 23.5 Å². The second-order valence-corrected chi connectivity index (χ2v) is 7.69. The minimum atomic E-state index is 0.436. The molecule has 0 amide bonds. The number of rotatable bonds is 1. The molecule has 3 fully saturated rings. The molecule has 2 saturated carbocycles. The third-order valence-corrected chi connectivity index (χ3v) is 7.29. The highest BCUT2D eigenvalue weighted by Crippen LogP contribution is 2.55. The maximum absolute atomic E-state index is 6.43. The van der Waals surface area contributed by atoms with E-state index in [2.05, 4.69) is 18.7 Å². The Morgan fingerprint density at radius 3 is 2.65 bits per heavy atom. The zero-order valence-corrected chi connectivity index (χ0v) is 11.8. The Balaban J connectivity index is 1.73. The minimum Gasteiger partial charge on any atom is -0.381 e. The van der Waals surface area contributed by atoms with E-state index < -0.39 is 0 Å². The van der Waals surface area contributed by atoms with Crippen LogP contribution in [0, 0.1) is 17.8 Å². The Morgan fingerprint density at radius 1 is 1.12 bits per heavy atom. The van der Waals surface area contributed by atoms with Gasteiger partial charge in [0.05, 0.1) is 6.10 Å². The molecule has 2 N–H and O–H groups in total. The Kier molecular flexibility index (Phi) is 3.44. The number of ether oxygens (including phenoxy) is 1. The van der Waals surface area contributed by atoms with Gasteiger partial charge in [0.1, 0.15) is 0 Å². The molecule has 0 aromatic rings. The van der Waals surface area contributed by atoms with Gasteiger partial charge in [-0.25, -0.2) is 0 Å². The molecule has 3 heteroatoms. The molecule has 1 saturated heterocycles. The highest BCUT2D eigenvalue weighted by Gasteiger charge is 2.50. The van der Waals surface area contributed by atoms with Gasteiger partial charge in [-0.2, -0.15) is 11.8 Å². The van der Waals surface area contributed by atoms with Crippen molar-refractivity contribution in [2.45, 2.75) is 61.7 Å². The van der Waals surface area contributed by atoms with E-state index in [1.807, 2.05) is 7.11 Å². The summed E-state index contributed by atoms with van der Waals surface area (Å²) < 4.78 is 5.56. The second-order valence-electron chi connectivity index (χ2n) is 6.27. The van der Waals surface area contributed by atoms with Crippen LogP contribution < -0.4 is 5.73 Å². The van der Waals surface area contributed by atoms with E-state index in [0.29, 0.717) is 12.1 Å². The smallest absolute Gasteiger partial charge is 0.0582 e. The van der Waals surface area contributed by atoms with Gasteiger partial charge in [-0.15, -0.1) is 0 Å². The van der Waals surface area contributed by atoms with Crippen molar-refractivity contribution in [2.75, 3.05) is 7.11 Å². The molecular weight excluding hydrogens is 230 g/mol. The number of hydrogen-bond donors (Lipinski definition) is 1. The molecule has 1 aliphatic heterocycles.